The Morgan fingerprint density at radius 3 is 2.64 bits per heavy atom. The first-order valence-corrected chi connectivity index (χ1v) is 7.79. The average molecular weight is 346 g/mol. The van der Waals surface area contributed by atoms with Gasteiger partial charge in [0.2, 0.25) is 5.91 Å². The molecule has 1 saturated heterocycles. The van der Waals surface area contributed by atoms with E-state index in [9.17, 15) is 14.9 Å². The molecule has 2 atom stereocenters. The average Bonchev–Trinajstić information content (AvgIpc) is 2.47. The molecule has 1 N–H and O–H groups in total. The van der Waals surface area contributed by atoms with Gasteiger partial charge >= 0.3 is 0 Å². The highest BCUT2D eigenvalue weighted by atomic mass is 35.5. The minimum Gasteiger partial charge on any atom is -0.336 e. The van der Waals surface area contributed by atoms with E-state index in [0.29, 0.717) is 0 Å². The number of nitro benzene ring substituents is 1. The largest absolute Gasteiger partial charge is 0.336 e. The number of amides is 1. The van der Waals surface area contributed by atoms with Crippen molar-refractivity contribution < 1.29 is 9.72 Å². The van der Waals surface area contributed by atoms with E-state index in [1.165, 1.54) is 23.9 Å². The van der Waals surface area contributed by atoms with Crippen molar-refractivity contribution in [1.29, 1.82) is 0 Å². The second-order valence-electron chi connectivity index (χ2n) is 5.10. The first-order chi connectivity index (χ1) is 9.99. The van der Waals surface area contributed by atoms with Crippen molar-refractivity contribution in [2.24, 2.45) is 0 Å². The van der Waals surface area contributed by atoms with Crippen LogP contribution < -0.4 is 5.32 Å². The topological polar surface area (TPSA) is 75.5 Å². The van der Waals surface area contributed by atoms with Crippen molar-refractivity contribution in [3.8, 4) is 0 Å². The summed E-state index contributed by atoms with van der Waals surface area (Å²) in [4.78, 5) is 25.4. The van der Waals surface area contributed by atoms with Gasteiger partial charge in [-0.25, -0.2) is 0 Å². The Morgan fingerprint density at radius 2 is 2.09 bits per heavy atom. The smallest absolute Gasteiger partial charge is 0.269 e. The molecule has 6 nitrogen and oxygen atoms in total. The number of halogens is 1. The maximum Gasteiger partial charge on any atom is 0.269 e. The van der Waals surface area contributed by atoms with Gasteiger partial charge in [0, 0.05) is 42.7 Å². The van der Waals surface area contributed by atoms with E-state index in [-0.39, 0.29) is 35.3 Å². The Balaban J connectivity index is 0.00000242. The summed E-state index contributed by atoms with van der Waals surface area (Å²) >= 11 is 1.43. The van der Waals surface area contributed by atoms with E-state index in [4.69, 9.17) is 0 Å². The number of hydrogen-bond acceptors (Lipinski definition) is 5. The second kappa shape index (κ2) is 8.36. The molecule has 2 rings (SSSR count). The Labute approximate surface area is 140 Å². The molecule has 0 bridgehead atoms. The number of nitrogens with one attached hydrogen (secondary N) is 1. The number of hydrogen-bond donors (Lipinski definition) is 1. The highest BCUT2D eigenvalue weighted by molar-refractivity contribution is 8.00. The van der Waals surface area contributed by atoms with Crippen LogP contribution in [0.5, 0.6) is 0 Å². The standard InChI is InChI=1S/C14H19N3O3S.ClH/c1-10-9-15-7-8-16(10)14(18)11(2)21-13-5-3-12(4-6-13)17(19)20;/h3-6,10-11,15H,7-9H2,1-2H3;1H/t10-,11?;/m1./s1. The fraction of sp³-hybridized carbons (Fsp3) is 0.500. The summed E-state index contributed by atoms with van der Waals surface area (Å²) in [5.74, 6) is 0.118. The van der Waals surface area contributed by atoms with Gasteiger partial charge in [0.05, 0.1) is 10.2 Å². The SMILES string of the molecule is CC(Sc1ccc([N+](=O)[O-])cc1)C(=O)N1CCNC[C@H]1C.Cl. The summed E-state index contributed by atoms with van der Waals surface area (Å²) in [7, 11) is 0. The van der Waals surface area contributed by atoms with Crippen LogP contribution in [-0.2, 0) is 4.79 Å². The minimum atomic E-state index is -0.425. The van der Waals surface area contributed by atoms with Crippen molar-refractivity contribution >= 4 is 35.8 Å². The van der Waals surface area contributed by atoms with Crippen molar-refractivity contribution in [2.75, 3.05) is 19.6 Å². The lowest BCUT2D eigenvalue weighted by Crippen LogP contribution is -2.54. The molecule has 1 amide bonds. The molecule has 0 spiro atoms. The van der Waals surface area contributed by atoms with E-state index in [1.807, 2.05) is 18.7 Å². The summed E-state index contributed by atoms with van der Waals surface area (Å²) in [6, 6.07) is 6.51. The molecule has 0 aromatic heterocycles. The predicted molar refractivity (Wildman–Crippen MR) is 89.7 cm³/mol. The molecule has 1 aromatic carbocycles. The van der Waals surface area contributed by atoms with E-state index in [2.05, 4.69) is 5.32 Å². The Kier molecular flexibility index (Phi) is 7.12. The van der Waals surface area contributed by atoms with Gasteiger partial charge in [-0.2, -0.15) is 0 Å². The number of nitro groups is 1. The van der Waals surface area contributed by atoms with Crippen molar-refractivity contribution in [3.63, 3.8) is 0 Å². The molecule has 1 heterocycles. The fourth-order valence-electron chi connectivity index (χ4n) is 2.30. The van der Waals surface area contributed by atoms with Gasteiger partial charge in [0.15, 0.2) is 0 Å². The molecule has 1 aromatic rings. The van der Waals surface area contributed by atoms with Crippen LogP contribution in [0.1, 0.15) is 13.8 Å². The third kappa shape index (κ3) is 4.59. The zero-order valence-corrected chi connectivity index (χ0v) is 14.2. The molecule has 1 aliphatic heterocycles. The van der Waals surface area contributed by atoms with Crippen LogP contribution in [0.3, 0.4) is 0 Å². The minimum absolute atomic E-state index is 0. The molecular weight excluding hydrogens is 326 g/mol. The maximum absolute atomic E-state index is 12.5. The summed E-state index contributed by atoms with van der Waals surface area (Å²) in [6.07, 6.45) is 0. The zero-order valence-electron chi connectivity index (χ0n) is 12.5. The predicted octanol–water partition coefficient (Wildman–Crippen LogP) is 2.32. The zero-order chi connectivity index (χ0) is 15.4. The normalized spacial score (nSPS) is 19.2. The molecule has 122 valence electrons. The van der Waals surface area contributed by atoms with Gasteiger partial charge in [-0.1, -0.05) is 0 Å². The van der Waals surface area contributed by atoms with Crippen molar-refractivity contribution in [1.82, 2.24) is 10.2 Å². The van der Waals surface area contributed by atoms with Crippen LogP contribution in [-0.4, -0.2) is 46.7 Å². The summed E-state index contributed by atoms with van der Waals surface area (Å²) in [5, 5.41) is 13.7. The van der Waals surface area contributed by atoms with Gasteiger partial charge < -0.3 is 10.2 Å². The van der Waals surface area contributed by atoms with Gasteiger partial charge in [-0.3, -0.25) is 14.9 Å². The number of piperazine rings is 1. The van der Waals surface area contributed by atoms with E-state index >= 15 is 0 Å². The molecular formula is C14H20ClN3O3S. The van der Waals surface area contributed by atoms with Gasteiger partial charge in [0.1, 0.15) is 0 Å². The summed E-state index contributed by atoms with van der Waals surface area (Å²) in [5.41, 5.74) is 0.0639. The number of thioether (sulfide) groups is 1. The number of carbonyl (C=O) groups is 1. The lowest BCUT2D eigenvalue weighted by atomic mass is 10.2. The number of rotatable bonds is 4. The van der Waals surface area contributed by atoms with E-state index in [0.717, 1.165) is 24.5 Å². The molecule has 1 fully saturated rings. The molecule has 8 heteroatoms. The van der Waals surface area contributed by atoms with Crippen molar-refractivity contribution in [2.45, 2.75) is 30.0 Å². The third-order valence-corrected chi connectivity index (χ3v) is 4.59. The van der Waals surface area contributed by atoms with Crippen LogP contribution in [0.25, 0.3) is 0 Å². The molecule has 0 radical (unpaired) electrons. The monoisotopic (exact) mass is 345 g/mol. The Bertz CT molecular complexity index is 527. The Hall–Kier alpha value is -1.31. The first kappa shape index (κ1) is 18.7. The molecule has 1 unspecified atom stereocenters. The highest BCUT2D eigenvalue weighted by Crippen LogP contribution is 2.27. The highest BCUT2D eigenvalue weighted by Gasteiger charge is 2.27. The summed E-state index contributed by atoms with van der Waals surface area (Å²) < 4.78 is 0. The molecule has 0 aliphatic carbocycles. The van der Waals surface area contributed by atoms with Crippen molar-refractivity contribution in [3.05, 3.63) is 34.4 Å². The summed E-state index contributed by atoms with van der Waals surface area (Å²) in [6.45, 7) is 6.29. The molecule has 0 saturated carbocycles. The molecule has 1 aliphatic rings. The molecule has 22 heavy (non-hydrogen) atoms. The quantitative estimate of drug-likeness (QED) is 0.515. The Morgan fingerprint density at radius 1 is 1.45 bits per heavy atom. The first-order valence-electron chi connectivity index (χ1n) is 6.91. The fourth-order valence-corrected chi connectivity index (χ4v) is 3.24. The second-order valence-corrected chi connectivity index (χ2v) is 6.51. The number of carbonyl (C=O) groups excluding carboxylic acids is 1. The van der Waals surface area contributed by atoms with Crippen LogP contribution >= 0.6 is 24.2 Å². The van der Waals surface area contributed by atoms with Crippen LogP contribution in [0.15, 0.2) is 29.2 Å². The van der Waals surface area contributed by atoms with Gasteiger partial charge in [-0.15, -0.1) is 24.2 Å². The maximum atomic E-state index is 12.5. The van der Waals surface area contributed by atoms with E-state index < -0.39 is 4.92 Å². The van der Waals surface area contributed by atoms with Crippen LogP contribution in [0.2, 0.25) is 0 Å². The lowest BCUT2D eigenvalue weighted by molar-refractivity contribution is -0.384. The van der Waals surface area contributed by atoms with E-state index in [1.54, 1.807) is 12.1 Å². The van der Waals surface area contributed by atoms with Crippen LogP contribution in [0, 0.1) is 10.1 Å². The third-order valence-electron chi connectivity index (χ3n) is 3.49. The van der Waals surface area contributed by atoms with Crippen LogP contribution in [0.4, 0.5) is 5.69 Å². The number of nitrogens with zero attached hydrogens (tertiary/aromatic N) is 2. The van der Waals surface area contributed by atoms with Gasteiger partial charge in [0.25, 0.3) is 5.69 Å². The lowest BCUT2D eigenvalue weighted by Gasteiger charge is -2.35. The number of benzene rings is 1. The van der Waals surface area contributed by atoms with Gasteiger partial charge in [-0.05, 0) is 26.0 Å². The number of non-ortho nitro benzene ring substituents is 1.